The van der Waals surface area contributed by atoms with E-state index in [1.807, 2.05) is 0 Å². The molecule has 0 spiro atoms. The molecule has 1 heterocycles. The van der Waals surface area contributed by atoms with E-state index in [1.165, 1.54) is 11.1 Å². The molecule has 1 fully saturated rings. The molecular formula is C17H25ClO. The van der Waals surface area contributed by atoms with E-state index >= 15 is 0 Å². The Bertz CT molecular complexity index is 390. The van der Waals surface area contributed by atoms with Gasteiger partial charge < -0.3 is 4.74 Å². The van der Waals surface area contributed by atoms with Crippen molar-refractivity contribution in [1.82, 2.24) is 0 Å². The summed E-state index contributed by atoms with van der Waals surface area (Å²) in [5, 5.41) is 0.127. The Morgan fingerprint density at radius 3 is 2.32 bits per heavy atom. The van der Waals surface area contributed by atoms with Gasteiger partial charge in [-0.15, -0.1) is 11.6 Å². The Kier molecular flexibility index (Phi) is 4.92. The van der Waals surface area contributed by atoms with Gasteiger partial charge in [-0.2, -0.15) is 0 Å². The van der Waals surface area contributed by atoms with Crippen molar-refractivity contribution in [2.24, 2.45) is 5.92 Å². The smallest absolute Gasteiger partial charge is 0.0615 e. The Hall–Kier alpha value is -0.530. The number of ether oxygens (including phenoxy) is 1. The predicted octanol–water partition coefficient (Wildman–Crippen LogP) is 5.08. The average molecular weight is 281 g/mol. The lowest BCUT2D eigenvalue weighted by atomic mass is 9.81. The number of rotatable bonds is 4. The molecule has 0 aromatic heterocycles. The standard InChI is InChI=1S/C17H25ClO/c1-4-17(2,3)15-7-5-13(6-8-15)16(18)14-9-11-19-12-10-14/h5-8,14,16H,4,9-12H2,1-3H3. The first-order valence-electron chi connectivity index (χ1n) is 7.37. The third-order valence-corrected chi connectivity index (χ3v) is 5.18. The molecule has 0 amide bonds. The third kappa shape index (κ3) is 3.52. The Balaban J connectivity index is 2.09. The third-order valence-electron chi connectivity index (χ3n) is 4.57. The first-order chi connectivity index (χ1) is 9.04. The van der Waals surface area contributed by atoms with Gasteiger partial charge in [-0.25, -0.2) is 0 Å². The van der Waals surface area contributed by atoms with E-state index in [2.05, 4.69) is 45.0 Å². The van der Waals surface area contributed by atoms with Crippen LogP contribution in [0.1, 0.15) is 56.5 Å². The zero-order chi connectivity index (χ0) is 13.9. The van der Waals surface area contributed by atoms with Crippen molar-refractivity contribution in [2.75, 3.05) is 13.2 Å². The van der Waals surface area contributed by atoms with Crippen LogP contribution in [0, 0.1) is 5.92 Å². The van der Waals surface area contributed by atoms with Crippen LogP contribution in [0.2, 0.25) is 0 Å². The van der Waals surface area contributed by atoms with Gasteiger partial charge in [0, 0.05) is 13.2 Å². The fourth-order valence-electron chi connectivity index (χ4n) is 2.60. The average Bonchev–Trinajstić information content (AvgIpc) is 2.47. The minimum absolute atomic E-state index is 0.127. The summed E-state index contributed by atoms with van der Waals surface area (Å²) in [6.45, 7) is 8.53. The number of halogens is 1. The van der Waals surface area contributed by atoms with Gasteiger partial charge in [0.05, 0.1) is 5.38 Å². The maximum Gasteiger partial charge on any atom is 0.0615 e. The van der Waals surface area contributed by atoms with Gasteiger partial charge in [-0.3, -0.25) is 0 Å². The highest BCUT2D eigenvalue weighted by Gasteiger charge is 2.24. The fraction of sp³-hybridized carbons (Fsp3) is 0.647. The van der Waals surface area contributed by atoms with Crippen LogP contribution in [-0.2, 0) is 10.2 Å². The second kappa shape index (κ2) is 6.28. The molecule has 0 aliphatic carbocycles. The van der Waals surface area contributed by atoms with Crippen LogP contribution in [-0.4, -0.2) is 13.2 Å². The topological polar surface area (TPSA) is 9.23 Å². The zero-order valence-corrected chi connectivity index (χ0v) is 13.0. The Morgan fingerprint density at radius 1 is 1.21 bits per heavy atom. The molecule has 1 saturated heterocycles. The van der Waals surface area contributed by atoms with Crippen LogP contribution in [0.4, 0.5) is 0 Å². The summed E-state index contributed by atoms with van der Waals surface area (Å²) >= 11 is 6.63. The SMILES string of the molecule is CCC(C)(C)c1ccc(C(Cl)C2CCOCC2)cc1. The maximum atomic E-state index is 6.63. The van der Waals surface area contributed by atoms with E-state index in [1.54, 1.807) is 0 Å². The largest absolute Gasteiger partial charge is 0.381 e. The normalized spacial score (nSPS) is 19.4. The van der Waals surface area contributed by atoms with Crippen LogP contribution in [0.5, 0.6) is 0 Å². The first kappa shape index (κ1) is 14.9. The summed E-state index contributed by atoms with van der Waals surface area (Å²) in [6, 6.07) is 8.90. The number of hydrogen-bond acceptors (Lipinski definition) is 1. The molecule has 0 bridgehead atoms. The van der Waals surface area contributed by atoms with Gasteiger partial charge in [0.1, 0.15) is 0 Å². The van der Waals surface area contributed by atoms with Gasteiger partial charge in [-0.1, -0.05) is 45.0 Å². The monoisotopic (exact) mass is 280 g/mol. The van der Waals surface area contributed by atoms with Crippen LogP contribution in [0.15, 0.2) is 24.3 Å². The number of hydrogen-bond donors (Lipinski definition) is 0. The highest BCUT2D eigenvalue weighted by Crippen LogP contribution is 2.36. The van der Waals surface area contributed by atoms with E-state index in [4.69, 9.17) is 16.3 Å². The van der Waals surface area contributed by atoms with Gasteiger partial charge in [-0.05, 0) is 41.7 Å². The molecule has 0 saturated carbocycles. The van der Waals surface area contributed by atoms with E-state index in [-0.39, 0.29) is 10.8 Å². The lowest BCUT2D eigenvalue weighted by molar-refractivity contribution is 0.0651. The summed E-state index contributed by atoms with van der Waals surface area (Å²) in [6.07, 6.45) is 3.31. The molecule has 1 atom stereocenters. The minimum Gasteiger partial charge on any atom is -0.381 e. The molecule has 1 aliphatic rings. The summed E-state index contributed by atoms with van der Waals surface area (Å²) < 4.78 is 5.41. The van der Waals surface area contributed by atoms with Crippen molar-refractivity contribution in [3.8, 4) is 0 Å². The van der Waals surface area contributed by atoms with Crippen molar-refractivity contribution < 1.29 is 4.74 Å². The van der Waals surface area contributed by atoms with Crippen LogP contribution >= 0.6 is 11.6 Å². The van der Waals surface area contributed by atoms with Crippen molar-refractivity contribution in [3.63, 3.8) is 0 Å². The van der Waals surface area contributed by atoms with Crippen molar-refractivity contribution in [2.45, 2.75) is 50.8 Å². The van der Waals surface area contributed by atoms with Gasteiger partial charge in [0.2, 0.25) is 0 Å². The second-order valence-electron chi connectivity index (χ2n) is 6.21. The summed E-state index contributed by atoms with van der Waals surface area (Å²) in [5.74, 6) is 0.556. The van der Waals surface area contributed by atoms with Crippen molar-refractivity contribution in [3.05, 3.63) is 35.4 Å². The molecular weight excluding hydrogens is 256 g/mol. The molecule has 1 aromatic carbocycles. The van der Waals surface area contributed by atoms with Gasteiger partial charge in [0.25, 0.3) is 0 Å². The molecule has 0 radical (unpaired) electrons. The van der Waals surface area contributed by atoms with Gasteiger partial charge in [0.15, 0.2) is 0 Å². The molecule has 0 N–H and O–H groups in total. The molecule has 1 unspecified atom stereocenters. The molecule has 1 aromatic rings. The van der Waals surface area contributed by atoms with E-state index in [0.717, 1.165) is 32.5 Å². The predicted molar refractivity (Wildman–Crippen MR) is 81.9 cm³/mol. The molecule has 1 nitrogen and oxygen atoms in total. The first-order valence-corrected chi connectivity index (χ1v) is 7.80. The van der Waals surface area contributed by atoms with Gasteiger partial charge >= 0.3 is 0 Å². The van der Waals surface area contributed by atoms with E-state index in [9.17, 15) is 0 Å². The van der Waals surface area contributed by atoms with E-state index in [0.29, 0.717) is 5.92 Å². The van der Waals surface area contributed by atoms with Crippen molar-refractivity contribution >= 4 is 11.6 Å². The molecule has 19 heavy (non-hydrogen) atoms. The maximum absolute atomic E-state index is 6.63. The van der Waals surface area contributed by atoms with Crippen LogP contribution < -0.4 is 0 Å². The van der Waals surface area contributed by atoms with Crippen LogP contribution in [0.3, 0.4) is 0 Å². The summed E-state index contributed by atoms with van der Waals surface area (Å²) in [7, 11) is 0. The highest BCUT2D eigenvalue weighted by molar-refractivity contribution is 6.21. The van der Waals surface area contributed by atoms with Crippen LogP contribution in [0.25, 0.3) is 0 Å². The van der Waals surface area contributed by atoms with Crippen molar-refractivity contribution in [1.29, 1.82) is 0 Å². The zero-order valence-electron chi connectivity index (χ0n) is 12.3. The lowest BCUT2D eigenvalue weighted by Crippen LogP contribution is -2.20. The quantitative estimate of drug-likeness (QED) is 0.699. The highest BCUT2D eigenvalue weighted by atomic mass is 35.5. The summed E-state index contributed by atoms with van der Waals surface area (Å²) in [5.41, 5.74) is 2.90. The summed E-state index contributed by atoms with van der Waals surface area (Å²) in [4.78, 5) is 0. The fourth-order valence-corrected chi connectivity index (χ4v) is 3.00. The second-order valence-corrected chi connectivity index (χ2v) is 6.68. The van der Waals surface area contributed by atoms with E-state index < -0.39 is 0 Å². The molecule has 1 aliphatic heterocycles. The number of benzene rings is 1. The molecule has 2 heteroatoms. The number of alkyl halides is 1. The Labute approximate surface area is 122 Å². The Morgan fingerprint density at radius 2 is 1.79 bits per heavy atom. The minimum atomic E-state index is 0.127. The molecule has 2 rings (SSSR count). The lowest BCUT2D eigenvalue weighted by Gasteiger charge is -2.27. The molecule has 106 valence electrons.